The lowest BCUT2D eigenvalue weighted by Gasteiger charge is -2.11. The molecule has 5 rings (SSSR count). The summed E-state index contributed by atoms with van der Waals surface area (Å²) in [5.74, 6) is -0.711. The summed E-state index contributed by atoms with van der Waals surface area (Å²) >= 11 is 4.20. The van der Waals surface area contributed by atoms with Crippen LogP contribution in [-0.4, -0.2) is 29.3 Å². The van der Waals surface area contributed by atoms with Gasteiger partial charge in [-0.2, -0.15) is 27.0 Å². The Morgan fingerprint density at radius 3 is 2.59 bits per heavy atom. The highest BCUT2D eigenvalue weighted by molar-refractivity contribution is 9.10. The zero-order valence-electron chi connectivity index (χ0n) is 15.8. The average Bonchev–Trinajstić information content (AvgIpc) is 3.38. The molecule has 0 aliphatic rings. The molecule has 1 N–H and O–H groups in total. The number of nitrogens with zero attached hydrogens (tertiary/aromatic N) is 5. The molecule has 1 amide bonds. The Morgan fingerprint density at radius 1 is 1.06 bits per heavy atom. The van der Waals surface area contributed by atoms with Crippen molar-refractivity contribution in [3.63, 3.8) is 0 Å². The molecule has 0 atom stereocenters. The molecule has 5 aromatic rings. The second kappa shape index (κ2) is 7.64. The van der Waals surface area contributed by atoms with E-state index in [0.29, 0.717) is 26.8 Å². The van der Waals surface area contributed by atoms with Crippen molar-refractivity contribution in [3.05, 3.63) is 70.5 Å². The van der Waals surface area contributed by atoms with Crippen LogP contribution in [0, 0.1) is 0 Å². The predicted octanol–water partition coefficient (Wildman–Crippen LogP) is 5.43. The van der Waals surface area contributed by atoms with E-state index in [1.807, 2.05) is 0 Å². The number of rotatable bonds is 3. The van der Waals surface area contributed by atoms with Crippen molar-refractivity contribution in [2.75, 3.05) is 5.32 Å². The highest BCUT2D eigenvalue weighted by atomic mass is 79.9. The van der Waals surface area contributed by atoms with Gasteiger partial charge in [0.2, 0.25) is 0 Å². The molecule has 0 aliphatic heterocycles. The van der Waals surface area contributed by atoms with Gasteiger partial charge in [-0.15, -0.1) is 0 Å². The van der Waals surface area contributed by atoms with Crippen LogP contribution < -0.4 is 5.32 Å². The smallest absolute Gasteiger partial charge is 0.319 e. The van der Waals surface area contributed by atoms with Gasteiger partial charge in [0, 0.05) is 5.56 Å². The summed E-state index contributed by atoms with van der Waals surface area (Å²) in [5, 5.41) is 6.56. The van der Waals surface area contributed by atoms with E-state index in [9.17, 15) is 18.0 Å². The van der Waals surface area contributed by atoms with Crippen LogP contribution >= 0.6 is 27.7 Å². The standard InChI is InChI=1S/C20H10BrF3N6OS/c21-15-17(19(31)26-11-7-4-8-12-16(11)29-32-28-12)27-30-14(20(22,23)24)9-13(25-18(15)30)10-5-2-1-3-6-10/h1-9H,(H,26,31). The molecule has 2 aromatic carbocycles. The van der Waals surface area contributed by atoms with Crippen molar-refractivity contribution in [2.45, 2.75) is 6.18 Å². The molecule has 32 heavy (non-hydrogen) atoms. The lowest BCUT2D eigenvalue weighted by molar-refractivity contribution is -0.142. The molecule has 0 saturated heterocycles. The van der Waals surface area contributed by atoms with E-state index >= 15 is 0 Å². The Morgan fingerprint density at radius 2 is 1.84 bits per heavy atom. The number of nitrogens with one attached hydrogen (secondary N) is 1. The maximum Gasteiger partial charge on any atom is 0.433 e. The van der Waals surface area contributed by atoms with Gasteiger partial charge in [0.05, 0.1) is 27.6 Å². The Balaban J connectivity index is 1.64. The first-order valence-corrected chi connectivity index (χ1v) is 10.6. The number of amides is 1. The van der Waals surface area contributed by atoms with Gasteiger partial charge in [0.15, 0.2) is 17.0 Å². The third kappa shape index (κ3) is 3.50. The van der Waals surface area contributed by atoms with E-state index in [1.165, 1.54) is 0 Å². The minimum atomic E-state index is -4.72. The molecule has 0 fully saturated rings. The van der Waals surface area contributed by atoms with E-state index in [2.05, 4.69) is 40.1 Å². The fourth-order valence-corrected chi connectivity index (χ4v) is 4.25. The van der Waals surface area contributed by atoms with E-state index < -0.39 is 17.8 Å². The number of halogens is 4. The SMILES string of the molecule is O=C(Nc1cccc2nsnc12)c1nn2c(C(F)(F)F)cc(-c3ccccc3)nc2c1Br. The molecule has 7 nitrogen and oxygen atoms in total. The van der Waals surface area contributed by atoms with Crippen LogP contribution in [0.25, 0.3) is 27.9 Å². The zero-order valence-corrected chi connectivity index (χ0v) is 18.2. The Labute approximate surface area is 190 Å². The molecule has 0 spiro atoms. The topological polar surface area (TPSA) is 85.1 Å². The lowest BCUT2D eigenvalue weighted by Crippen LogP contribution is -2.16. The summed E-state index contributed by atoms with van der Waals surface area (Å²) in [5.41, 5.74) is 0.636. The van der Waals surface area contributed by atoms with Crippen LogP contribution in [0.15, 0.2) is 59.1 Å². The first-order valence-electron chi connectivity index (χ1n) is 9.07. The van der Waals surface area contributed by atoms with Gasteiger partial charge >= 0.3 is 6.18 Å². The normalized spacial score (nSPS) is 11.9. The number of benzene rings is 2. The van der Waals surface area contributed by atoms with Crippen molar-refractivity contribution < 1.29 is 18.0 Å². The van der Waals surface area contributed by atoms with E-state index in [1.54, 1.807) is 48.5 Å². The molecule has 12 heteroatoms. The molecular formula is C20H10BrF3N6OS. The van der Waals surface area contributed by atoms with Crippen LogP contribution in [-0.2, 0) is 6.18 Å². The maximum atomic E-state index is 13.8. The van der Waals surface area contributed by atoms with Crippen LogP contribution in [0.2, 0.25) is 0 Å². The number of fused-ring (bicyclic) bond motifs is 2. The highest BCUT2D eigenvalue weighted by Crippen LogP contribution is 2.35. The number of hydrogen-bond donors (Lipinski definition) is 1. The van der Waals surface area contributed by atoms with Crippen LogP contribution in [0.4, 0.5) is 18.9 Å². The number of carbonyl (C=O) groups excluding carboxylic acids is 1. The highest BCUT2D eigenvalue weighted by Gasteiger charge is 2.36. The van der Waals surface area contributed by atoms with Gasteiger partial charge in [-0.3, -0.25) is 4.79 Å². The quantitative estimate of drug-likeness (QED) is 0.344. The first kappa shape index (κ1) is 20.5. The summed E-state index contributed by atoms with van der Waals surface area (Å²) < 4.78 is 50.4. The van der Waals surface area contributed by atoms with Gasteiger partial charge in [-0.25, -0.2) is 9.50 Å². The molecule has 0 bridgehead atoms. The zero-order chi connectivity index (χ0) is 22.5. The molecule has 0 aliphatic carbocycles. The predicted molar refractivity (Wildman–Crippen MR) is 116 cm³/mol. The second-order valence-corrected chi connectivity index (χ2v) is 8.00. The summed E-state index contributed by atoms with van der Waals surface area (Å²) in [7, 11) is 0. The Hall–Kier alpha value is -3.38. The van der Waals surface area contributed by atoms with Gasteiger partial charge in [0.1, 0.15) is 11.0 Å². The largest absolute Gasteiger partial charge is 0.433 e. The lowest BCUT2D eigenvalue weighted by atomic mass is 10.1. The third-order valence-electron chi connectivity index (χ3n) is 4.64. The molecule has 160 valence electrons. The van der Waals surface area contributed by atoms with Gasteiger partial charge in [0.25, 0.3) is 5.91 Å². The molecule has 3 heterocycles. The fourth-order valence-electron chi connectivity index (χ4n) is 3.18. The average molecular weight is 519 g/mol. The fraction of sp³-hybridized carbons (Fsp3) is 0.0500. The maximum absolute atomic E-state index is 13.8. The van der Waals surface area contributed by atoms with Crippen molar-refractivity contribution in [2.24, 2.45) is 0 Å². The monoisotopic (exact) mass is 518 g/mol. The van der Waals surface area contributed by atoms with E-state index in [0.717, 1.165) is 17.8 Å². The number of anilines is 1. The molecule has 0 saturated carbocycles. The van der Waals surface area contributed by atoms with Crippen molar-refractivity contribution >= 4 is 55.9 Å². The van der Waals surface area contributed by atoms with Crippen LogP contribution in [0.1, 0.15) is 16.2 Å². The Kier molecular flexibility index (Phi) is 4.90. The minimum absolute atomic E-state index is 0.0434. The number of alkyl halides is 3. The summed E-state index contributed by atoms with van der Waals surface area (Å²) in [4.78, 5) is 17.2. The number of carbonyl (C=O) groups is 1. The molecule has 3 aromatic heterocycles. The van der Waals surface area contributed by atoms with Crippen LogP contribution in [0.5, 0.6) is 0 Å². The molecule has 0 radical (unpaired) electrons. The van der Waals surface area contributed by atoms with E-state index in [-0.39, 0.29) is 21.5 Å². The minimum Gasteiger partial charge on any atom is -0.319 e. The second-order valence-electron chi connectivity index (χ2n) is 6.68. The summed E-state index contributed by atoms with van der Waals surface area (Å²) in [6.45, 7) is 0. The van der Waals surface area contributed by atoms with Gasteiger partial charge in [-0.1, -0.05) is 36.4 Å². The summed E-state index contributed by atoms with van der Waals surface area (Å²) in [6, 6.07) is 14.4. The Bertz CT molecular complexity index is 1480. The number of hydrogen-bond acceptors (Lipinski definition) is 6. The van der Waals surface area contributed by atoms with Gasteiger partial charge in [-0.05, 0) is 34.1 Å². The number of aromatic nitrogens is 5. The molecular weight excluding hydrogens is 509 g/mol. The van der Waals surface area contributed by atoms with Crippen molar-refractivity contribution in [1.82, 2.24) is 23.3 Å². The van der Waals surface area contributed by atoms with E-state index in [4.69, 9.17) is 0 Å². The van der Waals surface area contributed by atoms with Crippen molar-refractivity contribution in [3.8, 4) is 11.3 Å². The van der Waals surface area contributed by atoms with Crippen molar-refractivity contribution in [1.29, 1.82) is 0 Å². The summed E-state index contributed by atoms with van der Waals surface area (Å²) in [6.07, 6.45) is -4.72. The first-order chi connectivity index (χ1) is 15.3. The third-order valence-corrected chi connectivity index (χ3v) is 5.91. The van der Waals surface area contributed by atoms with Crippen LogP contribution in [0.3, 0.4) is 0 Å². The van der Waals surface area contributed by atoms with Gasteiger partial charge < -0.3 is 5.32 Å². The molecule has 0 unspecified atom stereocenters.